The van der Waals surface area contributed by atoms with Crippen LogP contribution in [0.25, 0.3) is 0 Å². The Kier molecular flexibility index (Phi) is 7.25. The molecule has 6 nitrogen and oxygen atoms in total. The van der Waals surface area contributed by atoms with Gasteiger partial charge in [-0.25, -0.2) is 9.97 Å². The van der Waals surface area contributed by atoms with Crippen LogP contribution in [-0.4, -0.2) is 32.3 Å². The van der Waals surface area contributed by atoms with Crippen LogP contribution in [0.3, 0.4) is 0 Å². The fourth-order valence-corrected chi connectivity index (χ4v) is 2.68. The average molecular weight is 359 g/mol. The highest BCUT2D eigenvalue weighted by atomic mass is 35.5. The second kappa shape index (κ2) is 8.47. The maximum atomic E-state index is 5.86. The number of nitrogens with two attached hydrogens (primary N) is 1. The number of halogens is 2. The molecule has 1 saturated carbocycles. The normalized spacial score (nSPS) is 19.3. The molecule has 3 N–H and O–H groups in total. The summed E-state index contributed by atoms with van der Waals surface area (Å²) in [5, 5.41) is 7.72. The second-order valence-electron chi connectivity index (χ2n) is 5.80. The predicted octanol–water partition coefficient (Wildman–Crippen LogP) is 2.45. The number of anilines is 1. The van der Waals surface area contributed by atoms with Crippen molar-refractivity contribution in [1.29, 1.82) is 0 Å². The number of hydrogen-bond donors (Lipinski definition) is 2. The van der Waals surface area contributed by atoms with Crippen molar-refractivity contribution in [2.45, 2.75) is 45.2 Å². The fourth-order valence-electron chi connectivity index (χ4n) is 2.68. The van der Waals surface area contributed by atoms with Gasteiger partial charge in [-0.15, -0.1) is 24.8 Å². The van der Waals surface area contributed by atoms with Crippen molar-refractivity contribution in [3.05, 3.63) is 35.5 Å². The van der Waals surface area contributed by atoms with Crippen LogP contribution in [-0.2, 0) is 6.54 Å². The topological polar surface area (TPSA) is 81.7 Å². The Hall–Kier alpha value is -1.37. The van der Waals surface area contributed by atoms with Gasteiger partial charge in [0.1, 0.15) is 11.6 Å². The van der Waals surface area contributed by atoms with Crippen molar-refractivity contribution in [2.75, 3.05) is 11.9 Å². The summed E-state index contributed by atoms with van der Waals surface area (Å²) in [6.07, 6.45) is 4.05. The van der Waals surface area contributed by atoms with Crippen LogP contribution >= 0.6 is 24.8 Å². The van der Waals surface area contributed by atoms with E-state index in [1.807, 2.05) is 30.8 Å². The fraction of sp³-hybridized carbons (Fsp3) is 0.533. The van der Waals surface area contributed by atoms with E-state index in [9.17, 15) is 0 Å². The third-order valence-electron chi connectivity index (χ3n) is 3.87. The van der Waals surface area contributed by atoms with Gasteiger partial charge in [-0.05, 0) is 32.8 Å². The van der Waals surface area contributed by atoms with Crippen LogP contribution in [0.4, 0.5) is 5.82 Å². The third kappa shape index (κ3) is 5.06. The van der Waals surface area contributed by atoms with Crippen LogP contribution < -0.4 is 11.1 Å². The van der Waals surface area contributed by atoms with Crippen molar-refractivity contribution < 1.29 is 0 Å². The van der Waals surface area contributed by atoms with E-state index >= 15 is 0 Å². The van der Waals surface area contributed by atoms with Crippen molar-refractivity contribution in [1.82, 2.24) is 19.7 Å². The first kappa shape index (κ1) is 19.7. The average Bonchev–Trinajstić information content (AvgIpc) is 2.80. The van der Waals surface area contributed by atoms with E-state index in [2.05, 4.69) is 26.4 Å². The second-order valence-corrected chi connectivity index (χ2v) is 5.80. The van der Waals surface area contributed by atoms with Gasteiger partial charge in [-0.1, -0.05) is 0 Å². The number of nitrogens with zero attached hydrogens (tertiary/aromatic N) is 4. The minimum absolute atomic E-state index is 0. The molecule has 0 unspecified atom stereocenters. The molecule has 0 aromatic carbocycles. The monoisotopic (exact) mass is 358 g/mol. The Morgan fingerprint density at radius 1 is 1.26 bits per heavy atom. The summed E-state index contributed by atoms with van der Waals surface area (Å²) in [7, 11) is 0. The molecule has 2 aromatic heterocycles. The molecule has 0 bridgehead atoms. The van der Waals surface area contributed by atoms with Gasteiger partial charge in [0, 0.05) is 36.5 Å². The maximum absolute atomic E-state index is 5.86. The molecule has 1 fully saturated rings. The summed E-state index contributed by atoms with van der Waals surface area (Å²) in [6.45, 7) is 5.54. The van der Waals surface area contributed by atoms with E-state index in [4.69, 9.17) is 5.73 Å². The van der Waals surface area contributed by atoms with Crippen molar-refractivity contribution in [2.24, 2.45) is 5.73 Å². The van der Waals surface area contributed by atoms with E-state index in [-0.39, 0.29) is 24.8 Å². The van der Waals surface area contributed by atoms with Crippen LogP contribution in [0.15, 0.2) is 18.3 Å². The predicted molar refractivity (Wildman–Crippen MR) is 96.7 cm³/mol. The molecular formula is C15H24Cl2N6. The quantitative estimate of drug-likeness (QED) is 0.857. The molecular weight excluding hydrogens is 335 g/mol. The molecule has 0 aliphatic heterocycles. The Balaban J connectivity index is 0.00000132. The molecule has 8 heteroatoms. The van der Waals surface area contributed by atoms with Crippen LogP contribution in [0, 0.1) is 13.8 Å². The standard InChI is InChI=1S/C15H22N6.2ClH/c1-10-3-5-21(20-10)6-4-17-15-9-14(18-11(2)19-15)12-7-13(16)8-12;;/h3,5,9,12-13H,4,6-8,16H2,1-2H3,(H,17,18,19);2*1H. The molecule has 3 rings (SSSR count). The summed E-state index contributed by atoms with van der Waals surface area (Å²) in [5.74, 6) is 2.20. The minimum Gasteiger partial charge on any atom is -0.368 e. The van der Waals surface area contributed by atoms with Gasteiger partial charge in [0.2, 0.25) is 0 Å². The van der Waals surface area contributed by atoms with Crippen LogP contribution in [0.1, 0.15) is 36.0 Å². The zero-order valence-corrected chi connectivity index (χ0v) is 15.0. The van der Waals surface area contributed by atoms with Crippen LogP contribution in [0.2, 0.25) is 0 Å². The summed E-state index contributed by atoms with van der Waals surface area (Å²) in [4.78, 5) is 8.98. The molecule has 23 heavy (non-hydrogen) atoms. The van der Waals surface area contributed by atoms with Gasteiger partial charge in [0.15, 0.2) is 0 Å². The molecule has 0 atom stereocenters. The molecule has 2 heterocycles. The van der Waals surface area contributed by atoms with Crippen molar-refractivity contribution in [3.63, 3.8) is 0 Å². The minimum atomic E-state index is 0. The maximum Gasteiger partial charge on any atom is 0.129 e. The van der Waals surface area contributed by atoms with Gasteiger partial charge in [0.25, 0.3) is 0 Å². The number of nitrogens with one attached hydrogen (secondary N) is 1. The first-order valence-corrected chi connectivity index (χ1v) is 7.45. The number of aryl methyl sites for hydroxylation is 2. The molecule has 1 aliphatic rings. The Labute approximate surface area is 149 Å². The molecule has 0 spiro atoms. The van der Waals surface area contributed by atoms with E-state index < -0.39 is 0 Å². The lowest BCUT2D eigenvalue weighted by molar-refractivity contribution is 0.344. The Bertz CT molecular complexity index is 624. The molecule has 128 valence electrons. The molecule has 1 aliphatic carbocycles. The highest BCUT2D eigenvalue weighted by Crippen LogP contribution is 2.35. The van der Waals surface area contributed by atoms with Gasteiger partial charge in [-0.3, -0.25) is 4.68 Å². The number of aromatic nitrogens is 4. The van der Waals surface area contributed by atoms with Gasteiger partial charge in [-0.2, -0.15) is 5.10 Å². The smallest absolute Gasteiger partial charge is 0.129 e. The van der Waals surface area contributed by atoms with E-state index in [1.165, 1.54) is 0 Å². The van der Waals surface area contributed by atoms with Crippen LogP contribution in [0.5, 0.6) is 0 Å². The van der Waals surface area contributed by atoms with Gasteiger partial charge < -0.3 is 11.1 Å². The van der Waals surface area contributed by atoms with E-state index in [0.717, 1.165) is 49.0 Å². The molecule has 0 saturated heterocycles. The van der Waals surface area contributed by atoms with Gasteiger partial charge >= 0.3 is 0 Å². The summed E-state index contributed by atoms with van der Waals surface area (Å²) in [6, 6.07) is 4.40. The molecule has 2 aromatic rings. The van der Waals surface area contributed by atoms with E-state index in [1.54, 1.807) is 0 Å². The first-order valence-electron chi connectivity index (χ1n) is 7.45. The Morgan fingerprint density at radius 2 is 2.00 bits per heavy atom. The number of rotatable bonds is 5. The summed E-state index contributed by atoms with van der Waals surface area (Å²) in [5.41, 5.74) is 8.01. The summed E-state index contributed by atoms with van der Waals surface area (Å²) >= 11 is 0. The largest absolute Gasteiger partial charge is 0.368 e. The Morgan fingerprint density at radius 3 is 2.61 bits per heavy atom. The molecule has 0 amide bonds. The molecule has 0 radical (unpaired) electrons. The first-order chi connectivity index (χ1) is 10.1. The number of hydrogen-bond acceptors (Lipinski definition) is 5. The lowest BCUT2D eigenvalue weighted by atomic mass is 9.78. The van der Waals surface area contributed by atoms with Gasteiger partial charge in [0.05, 0.1) is 12.2 Å². The zero-order chi connectivity index (χ0) is 14.8. The van der Waals surface area contributed by atoms with Crippen molar-refractivity contribution >= 4 is 30.6 Å². The third-order valence-corrected chi connectivity index (χ3v) is 3.87. The SMILES string of the molecule is Cc1ccn(CCNc2cc(C3CC(N)C3)nc(C)n2)n1.Cl.Cl. The highest BCUT2D eigenvalue weighted by molar-refractivity contribution is 5.85. The summed E-state index contributed by atoms with van der Waals surface area (Å²) < 4.78 is 1.93. The van der Waals surface area contributed by atoms with E-state index in [0.29, 0.717) is 12.0 Å². The zero-order valence-electron chi connectivity index (χ0n) is 13.4. The lowest BCUT2D eigenvalue weighted by Gasteiger charge is -2.32. The van der Waals surface area contributed by atoms with Crippen molar-refractivity contribution in [3.8, 4) is 0 Å². The highest BCUT2D eigenvalue weighted by Gasteiger charge is 2.28. The lowest BCUT2D eigenvalue weighted by Crippen LogP contribution is -2.35.